The maximum Gasteiger partial charge on any atom is 0.318 e. The fourth-order valence-electron chi connectivity index (χ4n) is 9.73. The number of nitrogens with one attached hydrogen (secondary N) is 1. The van der Waals surface area contributed by atoms with Crippen LogP contribution in [0, 0.1) is 5.82 Å². The Kier molecular flexibility index (Phi) is 6.08. The standard InChI is InChI=1S/C34H40F2N6O2/c35-26-5-1-4-21-14-24(43)15-28(30(21)26)40-13-9-25-27(18-40)38-32(39-31(25)41-16-22-7-8-23(17-41)37-22)44-20-33-10-3-12-42(33)29-6-2-11-34(29,36)19-33/h1,4-5,14-15,22-23,29,37,43H,2-3,6-13,16-20H2/t22?,23?,29-,33?,34+/m0/s1. The molecular formula is C34H40F2N6O2. The number of piperazine rings is 1. The monoisotopic (exact) mass is 602 g/mol. The Morgan fingerprint density at radius 1 is 1.02 bits per heavy atom. The van der Waals surface area contributed by atoms with Gasteiger partial charge in [0.15, 0.2) is 0 Å². The Morgan fingerprint density at radius 2 is 1.89 bits per heavy atom. The van der Waals surface area contributed by atoms with Crippen LogP contribution in [0.2, 0.25) is 0 Å². The van der Waals surface area contributed by atoms with Crippen molar-refractivity contribution in [2.75, 3.05) is 42.6 Å². The van der Waals surface area contributed by atoms with Gasteiger partial charge in [0.1, 0.15) is 29.7 Å². The van der Waals surface area contributed by atoms with Crippen LogP contribution >= 0.6 is 0 Å². The number of fused-ring (bicyclic) bond motifs is 7. The summed E-state index contributed by atoms with van der Waals surface area (Å²) in [6.45, 7) is 4.24. The van der Waals surface area contributed by atoms with E-state index in [2.05, 4.69) is 20.0 Å². The maximum absolute atomic E-state index is 16.0. The van der Waals surface area contributed by atoms with Crippen LogP contribution in [-0.4, -0.2) is 82.1 Å². The highest BCUT2D eigenvalue weighted by atomic mass is 19.1. The molecule has 6 aliphatic rings. The molecule has 5 atom stereocenters. The molecule has 1 aromatic heterocycles. The molecule has 3 aromatic rings. The lowest BCUT2D eigenvalue weighted by Crippen LogP contribution is -2.52. The number of halogens is 2. The van der Waals surface area contributed by atoms with Crippen LogP contribution in [0.1, 0.15) is 62.6 Å². The van der Waals surface area contributed by atoms with Gasteiger partial charge in [-0.1, -0.05) is 12.1 Å². The van der Waals surface area contributed by atoms with E-state index in [1.165, 1.54) is 18.9 Å². The van der Waals surface area contributed by atoms with Gasteiger partial charge in [-0.2, -0.15) is 9.97 Å². The lowest BCUT2D eigenvalue weighted by atomic mass is 9.88. The van der Waals surface area contributed by atoms with Gasteiger partial charge in [-0.25, -0.2) is 8.78 Å². The van der Waals surface area contributed by atoms with Crippen LogP contribution in [0.3, 0.4) is 0 Å². The SMILES string of the molecule is Oc1cc(N2CCc3c(nc(OCC45CCCN4[C@H]4CCC[C@@]4(F)C5)nc3N3CC4CCC(C3)N4)C2)c2c(F)cccc2c1. The molecule has 1 aliphatic carbocycles. The third kappa shape index (κ3) is 4.20. The average Bonchev–Trinajstić information content (AvgIpc) is 3.73. The second-order valence-corrected chi connectivity index (χ2v) is 14.2. The number of alkyl halides is 1. The Labute approximate surface area is 256 Å². The van der Waals surface area contributed by atoms with Crippen LogP contribution in [0.25, 0.3) is 10.8 Å². The van der Waals surface area contributed by atoms with Crippen molar-refractivity contribution in [2.24, 2.45) is 0 Å². The number of ether oxygens (including phenoxy) is 1. The number of aromatic nitrogens is 2. The van der Waals surface area contributed by atoms with E-state index >= 15 is 8.78 Å². The summed E-state index contributed by atoms with van der Waals surface area (Å²) in [5.41, 5.74) is 1.26. The lowest BCUT2D eigenvalue weighted by molar-refractivity contribution is 0.0808. The zero-order chi connectivity index (χ0) is 29.6. The maximum atomic E-state index is 16.0. The molecule has 1 saturated carbocycles. The molecule has 0 amide bonds. The molecule has 5 fully saturated rings. The molecule has 6 heterocycles. The van der Waals surface area contributed by atoms with Crippen molar-refractivity contribution in [2.45, 2.75) is 93.7 Å². The van der Waals surface area contributed by atoms with Crippen molar-refractivity contribution in [3.05, 3.63) is 47.4 Å². The summed E-state index contributed by atoms with van der Waals surface area (Å²) in [5.74, 6) is 0.750. The molecule has 10 heteroatoms. The summed E-state index contributed by atoms with van der Waals surface area (Å²) in [7, 11) is 0. The number of aromatic hydroxyl groups is 1. The van der Waals surface area contributed by atoms with Gasteiger partial charge in [0.25, 0.3) is 0 Å². The molecule has 5 aliphatic heterocycles. The van der Waals surface area contributed by atoms with Crippen LogP contribution < -0.4 is 19.9 Å². The first kappa shape index (κ1) is 27.1. The van der Waals surface area contributed by atoms with Gasteiger partial charge in [-0.15, -0.1) is 0 Å². The summed E-state index contributed by atoms with van der Waals surface area (Å²) in [6, 6.07) is 9.50. The summed E-state index contributed by atoms with van der Waals surface area (Å²) in [4.78, 5) is 17.0. The van der Waals surface area contributed by atoms with E-state index in [0.717, 1.165) is 62.4 Å². The zero-order valence-corrected chi connectivity index (χ0v) is 25.1. The molecule has 0 spiro atoms. The van der Waals surface area contributed by atoms with E-state index in [4.69, 9.17) is 14.7 Å². The number of anilines is 2. The van der Waals surface area contributed by atoms with E-state index in [1.807, 2.05) is 6.07 Å². The van der Waals surface area contributed by atoms with E-state index < -0.39 is 5.67 Å². The first-order valence-electron chi connectivity index (χ1n) is 16.5. The zero-order valence-electron chi connectivity index (χ0n) is 25.1. The summed E-state index contributed by atoms with van der Waals surface area (Å²) < 4.78 is 37.7. The molecule has 8 nitrogen and oxygen atoms in total. The topological polar surface area (TPSA) is 77.0 Å². The fourth-order valence-corrected chi connectivity index (χ4v) is 9.73. The number of phenolic OH excluding ortho intramolecular Hbond substituents is 1. The highest BCUT2D eigenvalue weighted by Gasteiger charge is 2.63. The Balaban J connectivity index is 1.07. The number of rotatable bonds is 5. The molecule has 232 valence electrons. The summed E-state index contributed by atoms with van der Waals surface area (Å²) >= 11 is 0. The number of phenols is 1. The summed E-state index contributed by atoms with van der Waals surface area (Å²) in [6.07, 6.45) is 8.15. The van der Waals surface area contributed by atoms with Gasteiger partial charge in [0.2, 0.25) is 0 Å². The van der Waals surface area contributed by atoms with Gasteiger partial charge >= 0.3 is 6.01 Å². The Bertz CT molecular complexity index is 1630. The van der Waals surface area contributed by atoms with Gasteiger partial charge in [0.05, 0.1) is 23.5 Å². The quantitative estimate of drug-likeness (QED) is 0.429. The van der Waals surface area contributed by atoms with Crippen molar-refractivity contribution in [1.29, 1.82) is 0 Å². The molecule has 2 aromatic carbocycles. The van der Waals surface area contributed by atoms with Crippen LogP contribution in [-0.2, 0) is 13.0 Å². The Morgan fingerprint density at radius 3 is 2.75 bits per heavy atom. The van der Waals surface area contributed by atoms with E-state index in [0.29, 0.717) is 73.5 Å². The molecule has 2 bridgehead atoms. The minimum absolute atomic E-state index is 0.0102. The molecular weight excluding hydrogens is 562 g/mol. The van der Waals surface area contributed by atoms with Crippen LogP contribution in [0.5, 0.6) is 11.8 Å². The van der Waals surface area contributed by atoms with Crippen molar-refractivity contribution >= 4 is 22.3 Å². The molecule has 3 unspecified atom stereocenters. The first-order chi connectivity index (χ1) is 21.4. The van der Waals surface area contributed by atoms with Crippen LogP contribution in [0.4, 0.5) is 20.3 Å². The molecule has 2 N–H and O–H groups in total. The average molecular weight is 603 g/mol. The van der Waals surface area contributed by atoms with Gasteiger partial charge < -0.3 is 25.0 Å². The number of hydrogen-bond acceptors (Lipinski definition) is 8. The second-order valence-electron chi connectivity index (χ2n) is 14.2. The van der Waals surface area contributed by atoms with E-state index in [-0.39, 0.29) is 23.1 Å². The summed E-state index contributed by atoms with van der Waals surface area (Å²) in [5, 5.41) is 15.4. The predicted molar refractivity (Wildman–Crippen MR) is 165 cm³/mol. The highest BCUT2D eigenvalue weighted by molar-refractivity contribution is 5.96. The van der Waals surface area contributed by atoms with Gasteiger partial charge in [-0.05, 0) is 75.4 Å². The van der Waals surface area contributed by atoms with Gasteiger partial charge in [-0.3, -0.25) is 4.90 Å². The molecule has 0 radical (unpaired) electrons. The molecule has 44 heavy (non-hydrogen) atoms. The molecule has 4 saturated heterocycles. The third-order valence-corrected chi connectivity index (χ3v) is 11.6. The minimum Gasteiger partial charge on any atom is -0.508 e. The van der Waals surface area contributed by atoms with E-state index in [9.17, 15) is 5.11 Å². The van der Waals surface area contributed by atoms with Gasteiger partial charge in [0, 0.05) is 61.2 Å². The highest BCUT2D eigenvalue weighted by Crippen LogP contribution is 2.55. The number of hydrogen-bond donors (Lipinski definition) is 2. The van der Waals surface area contributed by atoms with Crippen molar-refractivity contribution in [3.63, 3.8) is 0 Å². The van der Waals surface area contributed by atoms with Crippen molar-refractivity contribution in [1.82, 2.24) is 20.2 Å². The predicted octanol–water partition coefficient (Wildman–Crippen LogP) is 4.86. The third-order valence-electron chi connectivity index (χ3n) is 11.6. The largest absolute Gasteiger partial charge is 0.508 e. The molecule has 9 rings (SSSR count). The number of nitrogens with zero attached hydrogens (tertiary/aromatic N) is 5. The Hall–Kier alpha value is -3.24. The van der Waals surface area contributed by atoms with Crippen molar-refractivity contribution < 1.29 is 18.6 Å². The minimum atomic E-state index is -1.11. The van der Waals surface area contributed by atoms with Crippen molar-refractivity contribution in [3.8, 4) is 11.8 Å². The van der Waals surface area contributed by atoms with Crippen LogP contribution in [0.15, 0.2) is 30.3 Å². The smallest absolute Gasteiger partial charge is 0.318 e. The second kappa shape index (κ2) is 9.88. The lowest BCUT2D eigenvalue weighted by Gasteiger charge is -2.38. The fraction of sp³-hybridized carbons (Fsp3) is 0.588. The number of benzene rings is 2. The normalized spacial score (nSPS) is 32.7. The van der Waals surface area contributed by atoms with E-state index in [1.54, 1.807) is 18.2 Å². The first-order valence-corrected chi connectivity index (χ1v) is 16.5.